The van der Waals surface area contributed by atoms with Gasteiger partial charge < -0.3 is 15.6 Å². The number of hydrogen-bond donors (Lipinski definition) is 2. The van der Waals surface area contributed by atoms with Crippen LogP contribution in [-0.4, -0.2) is 12.2 Å². The number of rotatable bonds is 2. The van der Waals surface area contributed by atoms with Gasteiger partial charge >= 0.3 is 0 Å². The lowest BCUT2D eigenvalue weighted by molar-refractivity contribution is 0.282. The number of benzene rings is 1. The van der Waals surface area contributed by atoms with Gasteiger partial charge in [0.05, 0.1) is 24.4 Å². The molecule has 0 amide bonds. The molecule has 0 unspecified atom stereocenters. The lowest BCUT2D eigenvalue weighted by atomic mass is 10.2. The van der Waals surface area contributed by atoms with Crippen molar-refractivity contribution in [2.45, 2.75) is 6.61 Å². The van der Waals surface area contributed by atoms with Gasteiger partial charge in [0.15, 0.2) is 0 Å². The summed E-state index contributed by atoms with van der Waals surface area (Å²) in [5.41, 5.74) is 6.54. The molecule has 1 aromatic carbocycles. The monoisotopic (exact) mass is 265 g/mol. The van der Waals surface area contributed by atoms with Gasteiger partial charge in [0.2, 0.25) is 0 Å². The van der Waals surface area contributed by atoms with Gasteiger partial charge in [-0.3, -0.25) is 0 Å². The summed E-state index contributed by atoms with van der Waals surface area (Å²) < 4.78 is 5.66. The van der Waals surface area contributed by atoms with E-state index in [9.17, 15) is 0 Å². The highest BCUT2D eigenvalue weighted by Crippen LogP contribution is 2.37. The molecule has 0 aliphatic heterocycles. The predicted octanol–water partition coefficient (Wildman–Crippen LogP) is 2.19. The Morgan fingerprint density at radius 2 is 2.31 bits per heavy atom. The highest BCUT2D eigenvalue weighted by atomic mass is 79.9. The molecule has 72 valence electrons. The Balaban J connectivity index is 3.39. The Hall–Kier alpha value is -0.450. The molecule has 0 bridgehead atoms. The first-order valence-electron chi connectivity index (χ1n) is 3.53. The van der Waals surface area contributed by atoms with Crippen LogP contribution in [0, 0.1) is 0 Å². The predicted molar refractivity (Wildman–Crippen MR) is 56.0 cm³/mol. The highest BCUT2D eigenvalue weighted by Gasteiger charge is 2.12. The van der Waals surface area contributed by atoms with Gasteiger partial charge in [-0.2, -0.15) is 0 Å². The van der Waals surface area contributed by atoms with E-state index in [1.807, 2.05) is 0 Å². The molecule has 0 radical (unpaired) electrons. The van der Waals surface area contributed by atoms with Crippen LogP contribution in [0.1, 0.15) is 5.56 Å². The first kappa shape index (κ1) is 10.6. The van der Waals surface area contributed by atoms with Gasteiger partial charge in [-0.15, -0.1) is 0 Å². The zero-order valence-electron chi connectivity index (χ0n) is 6.97. The maximum atomic E-state index is 9.00. The number of hydrogen-bond acceptors (Lipinski definition) is 3. The fraction of sp³-hybridized carbons (Fsp3) is 0.250. The number of nitrogens with two attached hydrogens (primary N) is 1. The van der Waals surface area contributed by atoms with Crippen LogP contribution < -0.4 is 10.5 Å². The fourth-order valence-corrected chi connectivity index (χ4v) is 1.65. The Labute approximate surface area is 89.6 Å². The quantitative estimate of drug-likeness (QED) is 0.807. The molecule has 0 aliphatic carbocycles. The molecule has 0 fully saturated rings. The minimum absolute atomic E-state index is 0.208. The Bertz CT molecular complexity index is 330. The summed E-state index contributed by atoms with van der Waals surface area (Å²) in [5, 5.41) is 9.42. The fourth-order valence-electron chi connectivity index (χ4n) is 0.991. The number of methoxy groups -OCH3 is 1. The number of nitrogen functional groups attached to an aromatic ring is 1. The molecule has 13 heavy (non-hydrogen) atoms. The van der Waals surface area contributed by atoms with Crippen molar-refractivity contribution in [3.63, 3.8) is 0 Å². The molecule has 1 rings (SSSR count). The summed E-state index contributed by atoms with van der Waals surface area (Å²) in [6.45, 7) is -0.208. The Morgan fingerprint density at radius 3 is 2.77 bits per heavy atom. The summed E-state index contributed by atoms with van der Waals surface area (Å²) in [5.74, 6) is 0.500. The molecule has 0 spiro atoms. The van der Waals surface area contributed by atoms with E-state index in [-0.39, 0.29) is 6.61 Å². The van der Waals surface area contributed by atoms with E-state index in [0.717, 1.165) is 0 Å². The molecule has 0 atom stereocenters. The molecule has 5 heteroatoms. The standard InChI is InChI=1S/C8H9BrClNO2/c1-13-6-2-5(9)7(10)4(3-12)8(6)11/h2,12H,3,11H2,1H3. The highest BCUT2D eigenvalue weighted by molar-refractivity contribution is 9.10. The molecule has 0 aliphatic rings. The van der Waals surface area contributed by atoms with Crippen LogP contribution in [0.2, 0.25) is 5.02 Å². The average molecular weight is 267 g/mol. The second-order valence-corrected chi connectivity index (χ2v) is 3.66. The minimum Gasteiger partial charge on any atom is -0.495 e. The van der Waals surface area contributed by atoms with E-state index >= 15 is 0 Å². The third-order valence-electron chi connectivity index (χ3n) is 1.70. The van der Waals surface area contributed by atoms with Crippen LogP contribution in [0.25, 0.3) is 0 Å². The van der Waals surface area contributed by atoms with Crippen molar-refractivity contribution in [3.05, 3.63) is 21.1 Å². The van der Waals surface area contributed by atoms with Crippen molar-refractivity contribution in [3.8, 4) is 5.75 Å². The molecule has 3 N–H and O–H groups in total. The SMILES string of the molecule is COc1cc(Br)c(Cl)c(CO)c1N. The Morgan fingerprint density at radius 1 is 1.69 bits per heavy atom. The smallest absolute Gasteiger partial charge is 0.143 e. The van der Waals surface area contributed by atoms with E-state index in [2.05, 4.69) is 15.9 Å². The van der Waals surface area contributed by atoms with Gasteiger partial charge in [-0.05, 0) is 22.0 Å². The van der Waals surface area contributed by atoms with Crippen molar-refractivity contribution in [2.75, 3.05) is 12.8 Å². The normalized spacial score (nSPS) is 10.2. The molecule has 0 aromatic heterocycles. The van der Waals surface area contributed by atoms with Gasteiger partial charge in [-0.1, -0.05) is 11.6 Å². The van der Waals surface area contributed by atoms with Gasteiger partial charge in [0, 0.05) is 10.0 Å². The van der Waals surface area contributed by atoms with Crippen LogP contribution >= 0.6 is 27.5 Å². The second-order valence-electron chi connectivity index (χ2n) is 2.42. The second kappa shape index (κ2) is 4.17. The number of halogens is 2. The van der Waals surface area contributed by atoms with E-state index < -0.39 is 0 Å². The topological polar surface area (TPSA) is 55.5 Å². The molecule has 0 saturated carbocycles. The average Bonchev–Trinajstić information content (AvgIpc) is 2.12. The molecular weight excluding hydrogens is 257 g/mol. The molecule has 1 aromatic rings. The van der Waals surface area contributed by atoms with Crippen molar-refractivity contribution in [2.24, 2.45) is 0 Å². The van der Waals surface area contributed by atoms with Gasteiger partial charge in [0.25, 0.3) is 0 Å². The van der Waals surface area contributed by atoms with Crippen molar-refractivity contribution in [1.82, 2.24) is 0 Å². The summed E-state index contributed by atoms with van der Waals surface area (Å²) in [6, 6.07) is 1.66. The van der Waals surface area contributed by atoms with Crippen LogP contribution in [0.4, 0.5) is 5.69 Å². The maximum absolute atomic E-state index is 9.00. The molecule has 0 heterocycles. The van der Waals surface area contributed by atoms with E-state index in [4.69, 9.17) is 27.2 Å². The third-order valence-corrected chi connectivity index (χ3v) is 2.99. The van der Waals surface area contributed by atoms with Crippen LogP contribution in [0.3, 0.4) is 0 Å². The maximum Gasteiger partial charge on any atom is 0.143 e. The van der Waals surface area contributed by atoms with Gasteiger partial charge in [0.1, 0.15) is 5.75 Å². The molecule has 3 nitrogen and oxygen atoms in total. The zero-order valence-corrected chi connectivity index (χ0v) is 9.32. The summed E-state index contributed by atoms with van der Waals surface area (Å²) in [4.78, 5) is 0. The molecular formula is C8H9BrClNO2. The largest absolute Gasteiger partial charge is 0.495 e. The minimum atomic E-state index is -0.208. The lowest BCUT2D eigenvalue weighted by Crippen LogP contribution is -1.99. The zero-order chi connectivity index (χ0) is 10.0. The van der Waals surface area contributed by atoms with E-state index in [1.54, 1.807) is 6.07 Å². The van der Waals surface area contributed by atoms with Crippen LogP contribution in [0.5, 0.6) is 5.75 Å². The van der Waals surface area contributed by atoms with E-state index in [1.165, 1.54) is 7.11 Å². The summed E-state index contributed by atoms with van der Waals surface area (Å²) >= 11 is 9.12. The first-order valence-corrected chi connectivity index (χ1v) is 4.70. The van der Waals surface area contributed by atoms with Gasteiger partial charge in [-0.25, -0.2) is 0 Å². The summed E-state index contributed by atoms with van der Waals surface area (Å²) in [7, 11) is 1.51. The summed E-state index contributed by atoms with van der Waals surface area (Å²) in [6.07, 6.45) is 0. The lowest BCUT2D eigenvalue weighted by Gasteiger charge is -2.11. The van der Waals surface area contributed by atoms with Crippen LogP contribution in [-0.2, 0) is 6.61 Å². The Kier molecular flexibility index (Phi) is 3.41. The number of aliphatic hydroxyl groups excluding tert-OH is 1. The first-order chi connectivity index (χ1) is 6.11. The number of ether oxygens (including phenoxy) is 1. The van der Waals surface area contributed by atoms with E-state index in [0.29, 0.717) is 26.5 Å². The van der Waals surface area contributed by atoms with Crippen molar-refractivity contribution < 1.29 is 9.84 Å². The molecule has 0 saturated heterocycles. The number of anilines is 1. The van der Waals surface area contributed by atoms with Crippen molar-refractivity contribution >= 4 is 33.2 Å². The third kappa shape index (κ3) is 1.90. The number of aliphatic hydroxyl groups is 1. The van der Waals surface area contributed by atoms with Crippen LogP contribution in [0.15, 0.2) is 10.5 Å². The van der Waals surface area contributed by atoms with Crippen molar-refractivity contribution in [1.29, 1.82) is 0 Å².